The van der Waals surface area contributed by atoms with E-state index in [4.69, 9.17) is 9.52 Å². The van der Waals surface area contributed by atoms with Gasteiger partial charge in [0.2, 0.25) is 5.76 Å². The van der Waals surface area contributed by atoms with Gasteiger partial charge >= 0.3 is 5.97 Å². The summed E-state index contributed by atoms with van der Waals surface area (Å²) in [5, 5.41) is 18.8. The molecular weight excluding hydrogens is 208 g/mol. The lowest BCUT2D eigenvalue weighted by atomic mass is 10.0. The summed E-state index contributed by atoms with van der Waals surface area (Å²) in [7, 11) is 0. The molecule has 1 heterocycles. The van der Waals surface area contributed by atoms with Gasteiger partial charge in [-0.2, -0.15) is 0 Å². The molecule has 1 aromatic heterocycles. The maximum atomic E-state index is 10.6. The van der Waals surface area contributed by atoms with Gasteiger partial charge in [0.05, 0.1) is 0 Å². The highest BCUT2D eigenvalue weighted by molar-refractivity contribution is 5.84. The van der Waals surface area contributed by atoms with E-state index in [1.165, 1.54) is 25.3 Å². The van der Waals surface area contributed by atoms with Gasteiger partial charge in [-0.05, 0) is 42.7 Å². The molecule has 0 saturated heterocycles. The highest BCUT2D eigenvalue weighted by atomic mass is 16.4. The van der Waals surface area contributed by atoms with Crippen LogP contribution in [0.25, 0.3) is 0 Å². The molecule has 2 N–H and O–H groups in total. The molecule has 0 amide bonds. The molecule has 2 fully saturated rings. The van der Waals surface area contributed by atoms with Gasteiger partial charge in [0, 0.05) is 0 Å². The van der Waals surface area contributed by atoms with Crippen molar-refractivity contribution in [2.75, 3.05) is 0 Å². The molecule has 3 rings (SSSR count). The largest absolute Gasteiger partial charge is 0.475 e. The van der Waals surface area contributed by atoms with Gasteiger partial charge in [-0.3, -0.25) is 0 Å². The van der Waals surface area contributed by atoms with E-state index in [0.29, 0.717) is 23.5 Å². The normalized spacial score (nSPS) is 33.4. The minimum absolute atomic E-state index is 0.0974. The highest BCUT2D eigenvalue weighted by Crippen LogP contribution is 2.62. The Morgan fingerprint density at radius 1 is 1.38 bits per heavy atom. The number of aromatic carboxylic acids is 1. The SMILES string of the molecule is O=C(O)c1ccc(C(O)C2C3CCCC32)o1. The minimum Gasteiger partial charge on any atom is -0.475 e. The Labute approximate surface area is 92.9 Å². The number of aliphatic hydroxyl groups excluding tert-OH is 1. The van der Waals surface area contributed by atoms with Crippen LogP contribution in [0.3, 0.4) is 0 Å². The smallest absolute Gasteiger partial charge is 0.371 e. The van der Waals surface area contributed by atoms with E-state index < -0.39 is 12.1 Å². The highest BCUT2D eigenvalue weighted by Gasteiger charge is 2.56. The Balaban J connectivity index is 1.74. The number of furan rings is 1. The van der Waals surface area contributed by atoms with Gasteiger partial charge in [0.1, 0.15) is 11.9 Å². The van der Waals surface area contributed by atoms with Crippen molar-refractivity contribution in [3.8, 4) is 0 Å². The van der Waals surface area contributed by atoms with Crippen molar-refractivity contribution in [1.29, 1.82) is 0 Å². The first-order valence-electron chi connectivity index (χ1n) is 5.69. The third-order valence-corrected chi connectivity index (χ3v) is 3.97. The van der Waals surface area contributed by atoms with Crippen molar-refractivity contribution in [2.45, 2.75) is 25.4 Å². The average molecular weight is 222 g/mol. The Kier molecular flexibility index (Phi) is 2.07. The molecule has 0 aliphatic heterocycles. The van der Waals surface area contributed by atoms with Crippen LogP contribution >= 0.6 is 0 Å². The summed E-state index contributed by atoms with van der Waals surface area (Å²) in [4.78, 5) is 10.6. The van der Waals surface area contributed by atoms with Crippen LogP contribution in [0.1, 0.15) is 41.7 Å². The maximum Gasteiger partial charge on any atom is 0.371 e. The quantitative estimate of drug-likeness (QED) is 0.821. The number of carbonyl (C=O) groups is 1. The van der Waals surface area contributed by atoms with Crippen LogP contribution in [0, 0.1) is 17.8 Å². The predicted molar refractivity (Wildman–Crippen MR) is 54.9 cm³/mol. The van der Waals surface area contributed by atoms with Crippen LogP contribution in [-0.2, 0) is 0 Å². The van der Waals surface area contributed by atoms with Crippen molar-refractivity contribution in [3.05, 3.63) is 23.7 Å². The van der Waals surface area contributed by atoms with E-state index in [1.807, 2.05) is 0 Å². The third-order valence-electron chi connectivity index (χ3n) is 3.97. The van der Waals surface area contributed by atoms with Crippen LogP contribution in [0.15, 0.2) is 16.5 Å². The van der Waals surface area contributed by atoms with Gasteiger partial charge in [-0.25, -0.2) is 4.79 Å². The number of carboxylic acid groups (broad SMARTS) is 1. The number of aliphatic hydroxyl groups is 1. The van der Waals surface area contributed by atoms with E-state index in [0.717, 1.165) is 0 Å². The summed E-state index contributed by atoms with van der Waals surface area (Å²) >= 11 is 0. The van der Waals surface area contributed by atoms with Gasteiger partial charge in [-0.15, -0.1) is 0 Å². The molecule has 0 bridgehead atoms. The molecule has 4 heteroatoms. The summed E-state index contributed by atoms with van der Waals surface area (Å²) < 4.78 is 5.12. The van der Waals surface area contributed by atoms with E-state index in [1.54, 1.807) is 6.07 Å². The maximum absolute atomic E-state index is 10.6. The molecule has 3 unspecified atom stereocenters. The second-order valence-corrected chi connectivity index (χ2v) is 4.79. The third kappa shape index (κ3) is 1.37. The molecular formula is C12H14O4. The molecule has 3 atom stereocenters. The zero-order chi connectivity index (χ0) is 11.3. The van der Waals surface area contributed by atoms with Crippen LogP contribution < -0.4 is 0 Å². The summed E-state index contributed by atoms with van der Waals surface area (Å²) in [6.45, 7) is 0. The Morgan fingerprint density at radius 2 is 2.06 bits per heavy atom. The molecule has 0 radical (unpaired) electrons. The van der Waals surface area contributed by atoms with Crippen molar-refractivity contribution in [1.82, 2.24) is 0 Å². The first-order valence-corrected chi connectivity index (χ1v) is 5.69. The zero-order valence-corrected chi connectivity index (χ0v) is 8.80. The summed E-state index contributed by atoms with van der Waals surface area (Å²) in [5.41, 5.74) is 0. The lowest BCUT2D eigenvalue weighted by Crippen LogP contribution is -2.03. The van der Waals surface area contributed by atoms with Crippen molar-refractivity contribution < 1.29 is 19.4 Å². The first kappa shape index (κ1) is 9.90. The Morgan fingerprint density at radius 3 is 2.62 bits per heavy atom. The van der Waals surface area contributed by atoms with Crippen LogP contribution in [0.2, 0.25) is 0 Å². The lowest BCUT2D eigenvalue weighted by Gasteiger charge is -2.09. The number of rotatable bonds is 3. The molecule has 0 spiro atoms. The number of fused-ring (bicyclic) bond motifs is 1. The van der Waals surface area contributed by atoms with E-state index in [-0.39, 0.29) is 5.76 Å². The van der Waals surface area contributed by atoms with Crippen molar-refractivity contribution in [3.63, 3.8) is 0 Å². The second-order valence-electron chi connectivity index (χ2n) is 4.79. The summed E-state index contributed by atoms with van der Waals surface area (Å²) in [5.74, 6) is 0.773. The van der Waals surface area contributed by atoms with Gasteiger partial charge in [0.15, 0.2) is 0 Å². The molecule has 2 saturated carbocycles. The van der Waals surface area contributed by atoms with E-state index in [9.17, 15) is 9.90 Å². The fourth-order valence-electron chi connectivity index (χ4n) is 3.16. The molecule has 86 valence electrons. The van der Waals surface area contributed by atoms with Crippen LogP contribution in [0.5, 0.6) is 0 Å². The number of carboxylic acids is 1. The fraction of sp³-hybridized carbons (Fsp3) is 0.583. The topological polar surface area (TPSA) is 70.7 Å². The standard InChI is InChI=1S/C12H14O4/c13-11(10-6-2-1-3-7(6)10)8-4-5-9(16-8)12(14)15/h4-7,10-11,13H,1-3H2,(H,14,15). The fourth-order valence-corrected chi connectivity index (χ4v) is 3.16. The number of hydrogen-bond acceptors (Lipinski definition) is 3. The second kappa shape index (κ2) is 3.35. The van der Waals surface area contributed by atoms with Gasteiger partial charge < -0.3 is 14.6 Å². The molecule has 0 aromatic carbocycles. The molecule has 2 aliphatic carbocycles. The minimum atomic E-state index is -1.09. The van der Waals surface area contributed by atoms with Gasteiger partial charge in [0.25, 0.3) is 0 Å². The Bertz CT molecular complexity index is 412. The van der Waals surface area contributed by atoms with Crippen molar-refractivity contribution in [2.24, 2.45) is 17.8 Å². The first-order chi connectivity index (χ1) is 7.68. The molecule has 1 aromatic rings. The van der Waals surface area contributed by atoms with E-state index >= 15 is 0 Å². The van der Waals surface area contributed by atoms with Crippen LogP contribution in [0.4, 0.5) is 0 Å². The number of hydrogen-bond donors (Lipinski definition) is 2. The molecule has 2 aliphatic rings. The average Bonchev–Trinajstić information content (AvgIpc) is 2.74. The zero-order valence-electron chi connectivity index (χ0n) is 8.80. The van der Waals surface area contributed by atoms with Gasteiger partial charge in [-0.1, -0.05) is 6.42 Å². The van der Waals surface area contributed by atoms with Crippen molar-refractivity contribution >= 4 is 5.97 Å². The summed E-state index contributed by atoms with van der Waals surface area (Å²) in [6.07, 6.45) is 3.03. The van der Waals surface area contributed by atoms with Crippen LogP contribution in [-0.4, -0.2) is 16.2 Å². The van der Waals surface area contributed by atoms with E-state index in [2.05, 4.69) is 0 Å². The monoisotopic (exact) mass is 222 g/mol. The summed E-state index contributed by atoms with van der Waals surface area (Å²) in [6, 6.07) is 2.97. The molecule has 16 heavy (non-hydrogen) atoms. The predicted octanol–water partition coefficient (Wildman–Crippen LogP) is 2.06. The Hall–Kier alpha value is -1.29. The lowest BCUT2D eigenvalue weighted by molar-refractivity contribution is 0.0643. The molecule has 4 nitrogen and oxygen atoms in total.